The zero-order chi connectivity index (χ0) is 27.6. The van der Waals surface area contributed by atoms with Crippen molar-refractivity contribution in [2.24, 2.45) is 0 Å². The smallest absolute Gasteiger partial charge is 0.207 e. The van der Waals surface area contributed by atoms with Crippen LogP contribution in [-0.2, 0) is 20.0 Å². The van der Waals surface area contributed by atoms with E-state index in [1.54, 1.807) is 0 Å². The van der Waals surface area contributed by atoms with Crippen molar-refractivity contribution in [2.75, 3.05) is 4.43 Å². The Kier molecular flexibility index (Phi) is 10.1. The van der Waals surface area contributed by atoms with Crippen LogP contribution in [0.5, 0.6) is 0 Å². The molecule has 22 heteroatoms. The van der Waals surface area contributed by atoms with E-state index in [-0.39, 0.29) is 0 Å². The monoisotopic (exact) mass is 686 g/mol. The van der Waals surface area contributed by atoms with Gasteiger partial charge in [0.15, 0.2) is 3.57 Å². The largest absolute Gasteiger partial charge is 0.471 e. The molecule has 0 fully saturated rings. The lowest BCUT2D eigenvalue weighted by Gasteiger charge is -2.23. The van der Waals surface area contributed by atoms with Crippen LogP contribution in [-0.4, -0.2) is 50.3 Å². The molecule has 0 saturated heterocycles. The van der Waals surface area contributed by atoms with Crippen LogP contribution in [0.4, 0.5) is 61.5 Å². The molecule has 0 amide bonds. The van der Waals surface area contributed by atoms with Gasteiger partial charge < -0.3 is 0 Å². The van der Waals surface area contributed by atoms with E-state index in [1.165, 1.54) is 24.3 Å². The van der Waals surface area contributed by atoms with Gasteiger partial charge in [0.25, 0.3) is 20.0 Å². The summed E-state index contributed by atoms with van der Waals surface area (Å²) in [6.45, 7) is 0. The second kappa shape index (κ2) is 10.4. The molecule has 0 spiro atoms. The number of rotatable bonds is 6. The fourth-order valence-electron chi connectivity index (χ4n) is 1.23. The van der Waals surface area contributed by atoms with Gasteiger partial charge in [0, 0.05) is 0 Å². The Bertz CT molecular complexity index is 976. The van der Waals surface area contributed by atoms with Gasteiger partial charge in [0.05, 0.1) is 0 Å². The van der Waals surface area contributed by atoms with E-state index in [0.29, 0.717) is 3.57 Å². The minimum absolute atomic E-state index is 0.417. The average Bonchev–Trinajstić information content (AvgIpc) is 2.58. The Morgan fingerprint density at radius 3 is 1.24 bits per heavy atom. The van der Waals surface area contributed by atoms with Crippen molar-refractivity contribution < 1.29 is 99.5 Å². The highest BCUT2D eigenvalue weighted by molar-refractivity contribution is 8.05. The molecule has 5 nitrogen and oxygen atoms in total. The first-order valence-electron chi connectivity index (χ1n) is 7.26. The zero-order valence-electron chi connectivity index (χ0n) is 15.1. The fourth-order valence-corrected chi connectivity index (χ4v) is 5.57. The Labute approximate surface area is 190 Å². The topological polar surface area (TPSA) is 80.3 Å². The van der Waals surface area contributed by atoms with Crippen molar-refractivity contribution in [3.05, 3.63) is 33.7 Å². The Hall–Kier alpha value is -1.17. The number of sulfonamides is 2. The molecule has 34 heavy (non-hydrogen) atoms. The summed E-state index contributed by atoms with van der Waals surface area (Å²) in [7, 11) is -15.0. The van der Waals surface area contributed by atoms with Crippen LogP contribution < -0.4 is 25.3 Å². The minimum Gasteiger partial charge on any atom is -0.207 e. The third-order valence-electron chi connectivity index (χ3n) is 2.73. The van der Waals surface area contributed by atoms with Gasteiger partial charge in [-0.3, -0.25) is 0 Å². The number of hydrogen-bond donors (Lipinski definition) is 1. The van der Waals surface area contributed by atoms with E-state index in [2.05, 4.69) is 0 Å². The van der Waals surface area contributed by atoms with Crippen LogP contribution in [0.3, 0.4) is 0 Å². The zero-order valence-corrected chi connectivity index (χ0v) is 18.9. The number of halogens is 15. The molecule has 0 saturated carbocycles. The van der Waals surface area contributed by atoms with Crippen LogP contribution in [0.15, 0.2) is 24.3 Å². The van der Waals surface area contributed by atoms with Crippen LogP contribution in [0.1, 0.15) is 0 Å². The SMILES string of the molecule is Fc1ccc([I+]CC(F)(F)F)cc1.O=S(=O)(NS(=O)(=O)C(F)(F)C(F)(F)F)C(F)(F)C(F)(F)F. The van der Waals surface area contributed by atoms with Gasteiger partial charge in [-0.2, -0.15) is 57.1 Å². The summed E-state index contributed by atoms with van der Waals surface area (Å²) in [6.07, 6.45) is -18.0. The highest BCUT2D eigenvalue weighted by Gasteiger charge is 2.73. The molecule has 0 aliphatic carbocycles. The molecule has 1 aromatic rings. The lowest BCUT2D eigenvalue weighted by atomic mass is 10.4. The van der Waals surface area contributed by atoms with Crippen molar-refractivity contribution in [3.63, 3.8) is 0 Å². The van der Waals surface area contributed by atoms with E-state index in [9.17, 15) is 78.3 Å². The first kappa shape index (κ1) is 32.8. The molecular weight excluding hydrogens is 679 g/mol. The molecule has 0 unspecified atom stereocenters. The van der Waals surface area contributed by atoms with Crippen molar-refractivity contribution in [1.29, 1.82) is 0 Å². The highest BCUT2D eigenvalue weighted by Crippen LogP contribution is 2.43. The quantitative estimate of drug-likeness (QED) is 0.278. The van der Waals surface area contributed by atoms with Crippen molar-refractivity contribution >= 4 is 20.0 Å². The van der Waals surface area contributed by atoms with Gasteiger partial charge in [-0.1, -0.05) is 4.13 Å². The maximum Gasteiger partial charge on any atom is 0.471 e. The second-order valence-corrected chi connectivity index (χ2v) is 11.9. The molecule has 200 valence electrons. The number of nitrogens with one attached hydrogen (secondary N) is 1. The van der Waals surface area contributed by atoms with Crippen LogP contribution >= 0.6 is 0 Å². The lowest BCUT2D eigenvalue weighted by Crippen LogP contribution is -3.63. The predicted octanol–water partition coefficient (Wildman–Crippen LogP) is 1.19. The fraction of sp³-hybridized carbons (Fsp3) is 0.500. The maximum absolute atomic E-state index is 12.4. The van der Waals surface area contributed by atoms with E-state index in [4.69, 9.17) is 0 Å². The van der Waals surface area contributed by atoms with Gasteiger partial charge in [-0.15, -0.1) is 0 Å². The van der Waals surface area contributed by atoms with E-state index >= 15 is 0 Å². The highest BCUT2D eigenvalue weighted by atomic mass is 127. The molecule has 0 atom stereocenters. The third-order valence-corrected chi connectivity index (χ3v) is 9.15. The predicted molar refractivity (Wildman–Crippen MR) is 79.0 cm³/mol. The molecule has 0 aromatic heterocycles. The molecule has 0 aliphatic rings. The van der Waals surface area contributed by atoms with E-state index in [1.807, 2.05) is 0 Å². The van der Waals surface area contributed by atoms with Gasteiger partial charge in [0.2, 0.25) is 4.43 Å². The first-order chi connectivity index (χ1) is 14.7. The first-order valence-corrected chi connectivity index (χ1v) is 12.8. The summed E-state index contributed by atoms with van der Waals surface area (Å²) in [5, 5.41) is -13.9. The van der Waals surface area contributed by atoms with Crippen LogP contribution in [0, 0.1) is 9.39 Å². The summed E-state index contributed by atoms with van der Waals surface area (Å²) >= 11 is -1.07. The van der Waals surface area contributed by atoms with Crippen LogP contribution in [0.25, 0.3) is 0 Å². The summed E-state index contributed by atoms with van der Waals surface area (Å²) in [4.78, 5) is 0. The third kappa shape index (κ3) is 8.49. The standard InChI is InChI=1S/C8H6F4I.C4HF10NO4S2/c9-6-1-3-7(4-2-6)13-5-8(10,11)12;5-1(6,7)3(11,12)20(16,17)15-21(18,19)4(13,14)2(8,9)10/h1-4H,5H2;15H/q+1;. The maximum atomic E-state index is 12.4. The summed E-state index contributed by atoms with van der Waals surface area (Å²) in [5.41, 5.74) is 0. The van der Waals surface area contributed by atoms with Crippen LogP contribution in [0.2, 0.25) is 0 Å². The number of alkyl halides is 14. The minimum atomic E-state index is -7.49. The Balaban J connectivity index is 0.000000712. The van der Waals surface area contributed by atoms with E-state index in [0.717, 1.165) is 0 Å². The van der Waals surface area contributed by atoms with Gasteiger partial charge in [-0.25, -0.2) is 21.2 Å². The average molecular weight is 686 g/mol. The van der Waals surface area contributed by atoms with Gasteiger partial charge in [0.1, 0.15) is 5.82 Å². The van der Waals surface area contributed by atoms with Crippen molar-refractivity contribution in [1.82, 2.24) is 4.13 Å². The van der Waals surface area contributed by atoms with Crippen molar-refractivity contribution in [3.8, 4) is 0 Å². The Morgan fingerprint density at radius 2 is 0.971 bits per heavy atom. The van der Waals surface area contributed by atoms with Crippen molar-refractivity contribution in [2.45, 2.75) is 29.0 Å². The molecule has 0 aliphatic heterocycles. The molecule has 0 bridgehead atoms. The Morgan fingerprint density at radius 1 is 0.647 bits per heavy atom. The molecule has 1 N–H and O–H groups in total. The van der Waals surface area contributed by atoms with Gasteiger partial charge >= 0.3 is 50.2 Å². The molecule has 1 rings (SSSR count). The summed E-state index contributed by atoms with van der Waals surface area (Å²) in [5.74, 6) is -0.417. The normalized spacial score (nSPS) is 14.4. The second-order valence-electron chi connectivity index (χ2n) is 5.44. The number of benzene rings is 1. The lowest BCUT2D eigenvalue weighted by molar-refractivity contribution is -0.650. The summed E-state index contributed by atoms with van der Waals surface area (Å²) < 4.78 is 208. The van der Waals surface area contributed by atoms with Gasteiger partial charge in [-0.05, 0) is 24.3 Å². The molecular formula is C12H7F14INO4S2+. The van der Waals surface area contributed by atoms with E-state index < -0.39 is 84.7 Å². The summed E-state index contributed by atoms with van der Waals surface area (Å²) in [6, 6.07) is 5.19. The molecule has 0 heterocycles. The number of hydrogen-bond acceptors (Lipinski definition) is 4. The molecule has 1 aromatic carbocycles. The molecule has 0 radical (unpaired) electrons.